The Morgan fingerprint density at radius 1 is 1.40 bits per heavy atom. The molecule has 80 valence electrons. The van der Waals surface area contributed by atoms with Crippen molar-refractivity contribution in [1.29, 1.82) is 0 Å². The van der Waals surface area contributed by atoms with Crippen LogP contribution >= 0.6 is 15.9 Å². The zero-order chi connectivity index (χ0) is 10.7. The second kappa shape index (κ2) is 4.81. The summed E-state index contributed by atoms with van der Waals surface area (Å²) < 4.78 is 1.18. The standard InChI is InChI=1S/C12H15BrN2/c1-14-7-3-4-9-8-15-11-6-2-5-10(13)12(9)11/h2,5-6,8,14-15H,3-4,7H2,1H3. The molecule has 0 fully saturated rings. The topological polar surface area (TPSA) is 27.8 Å². The Labute approximate surface area is 98.2 Å². The lowest BCUT2D eigenvalue weighted by atomic mass is 10.1. The van der Waals surface area contributed by atoms with Gasteiger partial charge in [0.1, 0.15) is 0 Å². The van der Waals surface area contributed by atoms with Crippen LogP contribution in [0.1, 0.15) is 12.0 Å². The van der Waals surface area contributed by atoms with Crippen molar-refractivity contribution in [3.8, 4) is 0 Å². The van der Waals surface area contributed by atoms with Crippen molar-refractivity contribution in [2.24, 2.45) is 0 Å². The van der Waals surface area contributed by atoms with E-state index in [4.69, 9.17) is 0 Å². The van der Waals surface area contributed by atoms with Gasteiger partial charge in [-0.15, -0.1) is 0 Å². The molecule has 2 N–H and O–H groups in total. The Balaban J connectivity index is 2.27. The third-order valence-corrected chi connectivity index (χ3v) is 3.27. The van der Waals surface area contributed by atoms with Crippen molar-refractivity contribution in [3.05, 3.63) is 34.4 Å². The molecule has 0 amide bonds. The molecule has 1 heterocycles. The van der Waals surface area contributed by atoms with Gasteiger partial charge in [-0.25, -0.2) is 0 Å². The number of fused-ring (bicyclic) bond motifs is 1. The van der Waals surface area contributed by atoms with Gasteiger partial charge in [-0.3, -0.25) is 0 Å². The van der Waals surface area contributed by atoms with Crippen molar-refractivity contribution in [2.75, 3.05) is 13.6 Å². The molecule has 2 rings (SSSR count). The summed E-state index contributed by atoms with van der Waals surface area (Å²) in [5, 5.41) is 4.50. The highest BCUT2D eigenvalue weighted by molar-refractivity contribution is 9.10. The summed E-state index contributed by atoms with van der Waals surface area (Å²) >= 11 is 3.60. The largest absolute Gasteiger partial charge is 0.361 e. The maximum atomic E-state index is 3.60. The molecule has 0 aliphatic rings. The maximum absolute atomic E-state index is 3.60. The molecule has 0 spiro atoms. The van der Waals surface area contributed by atoms with E-state index in [-0.39, 0.29) is 0 Å². The van der Waals surface area contributed by atoms with Gasteiger partial charge in [0, 0.05) is 21.6 Å². The molecule has 0 saturated heterocycles. The number of aryl methyl sites for hydroxylation is 1. The minimum Gasteiger partial charge on any atom is -0.361 e. The normalized spacial score (nSPS) is 11.1. The molecule has 0 aliphatic heterocycles. The molecule has 15 heavy (non-hydrogen) atoms. The quantitative estimate of drug-likeness (QED) is 0.818. The number of nitrogens with one attached hydrogen (secondary N) is 2. The second-order valence-corrected chi connectivity index (χ2v) is 4.54. The SMILES string of the molecule is CNCCCc1c[nH]c2cccc(Br)c12. The lowest BCUT2D eigenvalue weighted by molar-refractivity contribution is 0.726. The van der Waals surface area contributed by atoms with Crippen LogP contribution in [0.5, 0.6) is 0 Å². The fourth-order valence-electron chi connectivity index (χ4n) is 1.86. The van der Waals surface area contributed by atoms with Crippen LogP contribution in [-0.4, -0.2) is 18.6 Å². The van der Waals surface area contributed by atoms with Crippen molar-refractivity contribution in [1.82, 2.24) is 10.3 Å². The van der Waals surface area contributed by atoms with E-state index in [1.54, 1.807) is 0 Å². The average molecular weight is 267 g/mol. The van der Waals surface area contributed by atoms with Crippen LogP contribution in [0.4, 0.5) is 0 Å². The Kier molecular flexibility index (Phi) is 3.44. The van der Waals surface area contributed by atoms with Crippen LogP contribution in [0.2, 0.25) is 0 Å². The third kappa shape index (κ3) is 2.24. The summed E-state index contributed by atoms with van der Waals surface area (Å²) in [5.74, 6) is 0. The summed E-state index contributed by atoms with van der Waals surface area (Å²) in [6, 6.07) is 6.26. The molecule has 0 aliphatic carbocycles. The Bertz CT molecular complexity index is 448. The summed E-state index contributed by atoms with van der Waals surface area (Å²) in [7, 11) is 1.99. The minimum atomic E-state index is 1.07. The van der Waals surface area contributed by atoms with E-state index in [0.717, 1.165) is 13.0 Å². The average Bonchev–Trinajstić information content (AvgIpc) is 2.63. The molecule has 3 heteroatoms. The lowest BCUT2D eigenvalue weighted by Crippen LogP contribution is -2.08. The first-order valence-electron chi connectivity index (χ1n) is 5.22. The van der Waals surface area contributed by atoms with Crippen molar-refractivity contribution >= 4 is 26.8 Å². The van der Waals surface area contributed by atoms with E-state index in [1.165, 1.54) is 27.4 Å². The van der Waals surface area contributed by atoms with Crippen LogP contribution < -0.4 is 5.32 Å². The van der Waals surface area contributed by atoms with Crippen LogP contribution in [0.25, 0.3) is 10.9 Å². The summed E-state index contributed by atoms with van der Waals surface area (Å²) in [6.07, 6.45) is 4.40. The third-order valence-electron chi connectivity index (χ3n) is 2.61. The molecular formula is C12H15BrN2. The Hall–Kier alpha value is -0.800. The zero-order valence-corrected chi connectivity index (χ0v) is 10.4. The molecule has 2 nitrogen and oxygen atoms in total. The van der Waals surface area contributed by atoms with Crippen molar-refractivity contribution < 1.29 is 0 Å². The molecule has 0 bridgehead atoms. The van der Waals surface area contributed by atoms with E-state index in [1.807, 2.05) is 7.05 Å². The Morgan fingerprint density at radius 2 is 2.27 bits per heavy atom. The van der Waals surface area contributed by atoms with Crippen LogP contribution in [0.3, 0.4) is 0 Å². The first-order chi connectivity index (χ1) is 7.33. The number of aromatic nitrogens is 1. The fourth-order valence-corrected chi connectivity index (χ4v) is 2.48. The van der Waals surface area contributed by atoms with Gasteiger partial charge in [0.15, 0.2) is 0 Å². The number of aromatic amines is 1. The number of halogens is 1. The van der Waals surface area contributed by atoms with Crippen molar-refractivity contribution in [2.45, 2.75) is 12.8 Å². The smallest absolute Gasteiger partial charge is 0.0468 e. The predicted molar refractivity (Wildman–Crippen MR) is 68.2 cm³/mol. The summed E-state index contributed by atoms with van der Waals surface area (Å²) in [4.78, 5) is 3.31. The van der Waals surface area contributed by atoms with Gasteiger partial charge in [0.25, 0.3) is 0 Å². The van der Waals surface area contributed by atoms with Gasteiger partial charge < -0.3 is 10.3 Å². The summed E-state index contributed by atoms with van der Waals surface area (Å²) in [6.45, 7) is 1.07. The number of rotatable bonds is 4. The maximum Gasteiger partial charge on any atom is 0.0468 e. The highest BCUT2D eigenvalue weighted by atomic mass is 79.9. The van der Waals surface area contributed by atoms with Crippen LogP contribution in [0.15, 0.2) is 28.9 Å². The van der Waals surface area contributed by atoms with Gasteiger partial charge >= 0.3 is 0 Å². The monoisotopic (exact) mass is 266 g/mol. The molecule has 2 aromatic rings. The number of benzene rings is 1. The highest BCUT2D eigenvalue weighted by Crippen LogP contribution is 2.27. The van der Waals surface area contributed by atoms with E-state index in [0.29, 0.717) is 0 Å². The Morgan fingerprint density at radius 3 is 3.07 bits per heavy atom. The van der Waals surface area contributed by atoms with E-state index >= 15 is 0 Å². The molecular weight excluding hydrogens is 252 g/mol. The van der Waals surface area contributed by atoms with Crippen molar-refractivity contribution in [3.63, 3.8) is 0 Å². The van der Waals surface area contributed by atoms with E-state index in [2.05, 4.69) is 50.6 Å². The van der Waals surface area contributed by atoms with Gasteiger partial charge in [-0.05, 0) is 44.1 Å². The zero-order valence-electron chi connectivity index (χ0n) is 8.81. The first kappa shape index (κ1) is 10.7. The highest BCUT2D eigenvalue weighted by Gasteiger charge is 2.05. The fraction of sp³-hybridized carbons (Fsp3) is 0.333. The molecule has 0 radical (unpaired) electrons. The van der Waals surface area contributed by atoms with E-state index in [9.17, 15) is 0 Å². The minimum absolute atomic E-state index is 1.07. The van der Waals surface area contributed by atoms with Gasteiger partial charge in [0.05, 0.1) is 0 Å². The van der Waals surface area contributed by atoms with Crippen LogP contribution in [0, 0.1) is 0 Å². The van der Waals surface area contributed by atoms with E-state index < -0.39 is 0 Å². The first-order valence-corrected chi connectivity index (χ1v) is 6.01. The lowest BCUT2D eigenvalue weighted by Gasteiger charge is -2.00. The number of hydrogen-bond donors (Lipinski definition) is 2. The summed E-state index contributed by atoms with van der Waals surface area (Å²) in [5.41, 5.74) is 2.61. The number of H-pyrrole nitrogens is 1. The molecule has 1 aromatic heterocycles. The molecule has 0 atom stereocenters. The second-order valence-electron chi connectivity index (χ2n) is 3.68. The van der Waals surface area contributed by atoms with Crippen LogP contribution in [-0.2, 0) is 6.42 Å². The molecule has 0 unspecified atom stereocenters. The molecule has 1 aromatic carbocycles. The molecule has 0 saturated carbocycles. The number of hydrogen-bond acceptors (Lipinski definition) is 1. The van der Waals surface area contributed by atoms with Gasteiger partial charge in [0.2, 0.25) is 0 Å². The van der Waals surface area contributed by atoms with Gasteiger partial charge in [-0.1, -0.05) is 22.0 Å². The van der Waals surface area contributed by atoms with Gasteiger partial charge in [-0.2, -0.15) is 0 Å². The predicted octanol–water partition coefficient (Wildman–Crippen LogP) is 3.08.